The van der Waals surface area contributed by atoms with E-state index < -0.39 is 0 Å². The molecule has 21 heavy (non-hydrogen) atoms. The zero-order valence-electron chi connectivity index (χ0n) is 12.4. The van der Waals surface area contributed by atoms with Crippen LogP contribution in [0.1, 0.15) is 24.4 Å². The van der Waals surface area contributed by atoms with Gasteiger partial charge in [0.1, 0.15) is 5.82 Å². The molecule has 0 radical (unpaired) electrons. The number of rotatable bonds is 5. The van der Waals surface area contributed by atoms with Crippen molar-refractivity contribution in [2.75, 3.05) is 24.3 Å². The first-order chi connectivity index (χ1) is 10.1. The first-order valence-corrected chi connectivity index (χ1v) is 7.66. The fourth-order valence-electron chi connectivity index (χ4n) is 2.49. The highest BCUT2D eigenvalue weighted by atomic mass is 35.5. The fourth-order valence-corrected chi connectivity index (χ4v) is 2.61. The number of nitrogens with zero attached hydrogens (tertiary/aromatic N) is 2. The van der Waals surface area contributed by atoms with Gasteiger partial charge in [-0.25, -0.2) is 4.98 Å². The van der Waals surface area contributed by atoms with Gasteiger partial charge in [-0.15, -0.1) is 0 Å². The number of halogens is 1. The van der Waals surface area contributed by atoms with Crippen molar-refractivity contribution in [3.8, 4) is 0 Å². The van der Waals surface area contributed by atoms with Crippen LogP contribution in [0.4, 0.5) is 11.5 Å². The van der Waals surface area contributed by atoms with Crippen molar-refractivity contribution in [1.29, 1.82) is 0 Å². The Balaban J connectivity index is 1.77. The molecule has 1 heterocycles. The molecule has 3 nitrogen and oxygen atoms in total. The summed E-state index contributed by atoms with van der Waals surface area (Å²) in [6.07, 6.45) is 4.47. The second kappa shape index (κ2) is 5.94. The predicted molar refractivity (Wildman–Crippen MR) is 89.1 cm³/mol. The molecule has 110 valence electrons. The van der Waals surface area contributed by atoms with E-state index in [1.807, 2.05) is 43.4 Å². The third kappa shape index (κ3) is 3.48. The van der Waals surface area contributed by atoms with Gasteiger partial charge in [-0.05, 0) is 48.6 Å². The van der Waals surface area contributed by atoms with Crippen LogP contribution in [0.15, 0.2) is 42.6 Å². The van der Waals surface area contributed by atoms with Crippen molar-refractivity contribution in [3.63, 3.8) is 0 Å². The van der Waals surface area contributed by atoms with E-state index in [-0.39, 0.29) is 0 Å². The van der Waals surface area contributed by atoms with Gasteiger partial charge in [0.15, 0.2) is 0 Å². The molecule has 1 saturated carbocycles. The summed E-state index contributed by atoms with van der Waals surface area (Å²) in [5.41, 5.74) is 2.35. The Morgan fingerprint density at radius 1 is 1.14 bits per heavy atom. The maximum atomic E-state index is 5.98. The molecule has 1 aliphatic rings. The van der Waals surface area contributed by atoms with E-state index in [0.29, 0.717) is 12.0 Å². The Labute approximate surface area is 131 Å². The van der Waals surface area contributed by atoms with Crippen LogP contribution >= 0.6 is 11.6 Å². The van der Waals surface area contributed by atoms with E-state index in [0.717, 1.165) is 16.5 Å². The molecule has 0 amide bonds. The van der Waals surface area contributed by atoms with Gasteiger partial charge in [-0.2, -0.15) is 0 Å². The smallest absolute Gasteiger partial charge is 0.128 e. The normalized spacial score (nSPS) is 15.6. The lowest BCUT2D eigenvalue weighted by atomic mass is 10.0. The molecule has 3 rings (SSSR count). The number of anilines is 2. The Morgan fingerprint density at radius 3 is 2.38 bits per heavy atom. The number of pyridine rings is 1. The van der Waals surface area contributed by atoms with Crippen molar-refractivity contribution in [2.45, 2.75) is 18.9 Å². The molecule has 1 aromatic heterocycles. The van der Waals surface area contributed by atoms with Gasteiger partial charge < -0.3 is 10.2 Å². The van der Waals surface area contributed by atoms with Crippen molar-refractivity contribution < 1.29 is 0 Å². The van der Waals surface area contributed by atoms with E-state index in [1.54, 1.807) is 0 Å². The predicted octanol–water partition coefficient (Wildman–Crippen LogP) is 4.36. The van der Waals surface area contributed by atoms with Crippen molar-refractivity contribution in [1.82, 2.24) is 4.98 Å². The number of nitrogens with one attached hydrogen (secondary N) is 1. The molecule has 2 aromatic rings. The average Bonchev–Trinajstić information content (AvgIpc) is 3.31. The molecule has 0 aliphatic heterocycles. The largest absolute Gasteiger partial charge is 0.377 e. The minimum absolute atomic E-state index is 0.342. The average molecular weight is 302 g/mol. The van der Waals surface area contributed by atoms with Crippen LogP contribution < -0.4 is 10.2 Å². The SMILES string of the molecule is CN(C)c1ccc(NC(c2ccc(Cl)cc2)C2CC2)cn1. The molecular formula is C17H20ClN3. The van der Waals surface area contributed by atoms with E-state index in [4.69, 9.17) is 11.6 Å². The quantitative estimate of drug-likeness (QED) is 0.889. The molecule has 1 aliphatic carbocycles. The zero-order chi connectivity index (χ0) is 14.8. The number of hydrogen-bond donors (Lipinski definition) is 1. The van der Waals surface area contributed by atoms with Crippen LogP contribution in [-0.4, -0.2) is 19.1 Å². The van der Waals surface area contributed by atoms with Crippen LogP contribution in [0.25, 0.3) is 0 Å². The molecule has 1 unspecified atom stereocenters. The summed E-state index contributed by atoms with van der Waals surface area (Å²) < 4.78 is 0. The van der Waals surface area contributed by atoms with Crippen molar-refractivity contribution in [2.24, 2.45) is 5.92 Å². The first-order valence-electron chi connectivity index (χ1n) is 7.29. The van der Waals surface area contributed by atoms with E-state index in [2.05, 4.69) is 28.5 Å². The Morgan fingerprint density at radius 2 is 1.86 bits per heavy atom. The van der Waals surface area contributed by atoms with Crippen LogP contribution in [0.5, 0.6) is 0 Å². The summed E-state index contributed by atoms with van der Waals surface area (Å²) in [6, 6.07) is 12.6. The fraction of sp³-hybridized carbons (Fsp3) is 0.353. The third-order valence-electron chi connectivity index (χ3n) is 3.85. The van der Waals surface area contributed by atoms with Gasteiger partial charge >= 0.3 is 0 Å². The highest BCUT2D eigenvalue weighted by molar-refractivity contribution is 6.30. The van der Waals surface area contributed by atoms with Gasteiger partial charge in [-0.1, -0.05) is 23.7 Å². The second-order valence-corrected chi connectivity index (χ2v) is 6.25. The standard InChI is InChI=1S/C17H20ClN3/c1-21(2)16-10-9-15(11-19-16)20-17(12-3-4-12)13-5-7-14(18)8-6-13/h5-12,17,20H,3-4H2,1-2H3. The lowest BCUT2D eigenvalue weighted by Gasteiger charge is -2.20. The molecule has 0 spiro atoms. The monoisotopic (exact) mass is 301 g/mol. The molecular weight excluding hydrogens is 282 g/mol. The van der Waals surface area contributed by atoms with E-state index in [9.17, 15) is 0 Å². The summed E-state index contributed by atoms with van der Waals surface area (Å²) in [7, 11) is 3.99. The van der Waals surface area contributed by atoms with Crippen LogP contribution in [-0.2, 0) is 0 Å². The second-order valence-electron chi connectivity index (χ2n) is 5.81. The van der Waals surface area contributed by atoms with Crippen LogP contribution in [0, 0.1) is 5.92 Å². The summed E-state index contributed by atoms with van der Waals surface area (Å²) in [5, 5.41) is 4.40. The summed E-state index contributed by atoms with van der Waals surface area (Å²) in [4.78, 5) is 6.46. The molecule has 0 saturated heterocycles. The minimum Gasteiger partial charge on any atom is -0.377 e. The Hall–Kier alpha value is -1.74. The van der Waals surface area contributed by atoms with Gasteiger partial charge in [0.2, 0.25) is 0 Å². The van der Waals surface area contributed by atoms with Gasteiger partial charge in [0.05, 0.1) is 17.9 Å². The van der Waals surface area contributed by atoms with Crippen LogP contribution in [0.2, 0.25) is 5.02 Å². The molecule has 1 aromatic carbocycles. The van der Waals surface area contributed by atoms with Crippen LogP contribution in [0.3, 0.4) is 0 Å². The Bertz CT molecular complexity index is 588. The lowest BCUT2D eigenvalue weighted by molar-refractivity contribution is 0.678. The molecule has 1 N–H and O–H groups in total. The zero-order valence-corrected chi connectivity index (χ0v) is 13.1. The highest BCUT2D eigenvalue weighted by Crippen LogP contribution is 2.43. The maximum absolute atomic E-state index is 5.98. The third-order valence-corrected chi connectivity index (χ3v) is 4.10. The van der Waals surface area contributed by atoms with Gasteiger partial charge in [-0.3, -0.25) is 0 Å². The molecule has 1 atom stereocenters. The molecule has 4 heteroatoms. The first kappa shape index (κ1) is 14.2. The number of hydrogen-bond acceptors (Lipinski definition) is 3. The topological polar surface area (TPSA) is 28.2 Å². The summed E-state index contributed by atoms with van der Waals surface area (Å²) in [6.45, 7) is 0. The summed E-state index contributed by atoms with van der Waals surface area (Å²) in [5.74, 6) is 1.68. The van der Waals surface area contributed by atoms with Crippen molar-refractivity contribution in [3.05, 3.63) is 53.2 Å². The number of benzene rings is 1. The maximum Gasteiger partial charge on any atom is 0.128 e. The Kier molecular flexibility index (Phi) is 4.02. The minimum atomic E-state index is 0.342. The van der Waals surface area contributed by atoms with Gasteiger partial charge in [0, 0.05) is 19.1 Å². The lowest BCUT2D eigenvalue weighted by Crippen LogP contribution is -2.14. The molecule has 1 fully saturated rings. The number of aromatic nitrogens is 1. The van der Waals surface area contributed by atoms with Crippen molar-refractivity contribution >= 4 is 23.1 Å². The highest BCUT2D eigenvalue weighted by Gasteiger charge is 2.32. The van der Waals surface area contributed by atoms with Gasteiger partial charge in [0.25, 0.3) is 0 Å². The van der Waals surface area contributed by atoms with E-state index in [1.165, 1.54) is 18.4 Å². The van der Waals surface area contributed by atoms with E-state index >= 15 is 0 Å². The molecule has 0 bridgehead atoms. The summed E-state index contributed by atoms with van der Waals surface area (Å²) >= 11 is 5.98.